The molecule has 3 heterocycles. The maximum Gasteiger partial charge on any atom is 0.246 e. The molecule has 0 saturated heterocycles. The highest BCUT2D eigenvalue weighted by Gasteiger charge is 2.46. The Balaban J connectivity index is 1.36. The second-order valence-electron chi connectivity index (χ2n) is 12.4. The molecule has 4 heteroatoms. The van der Waals surface area contributed by atoms with Crippen LogP contribution < -0.4 is 31.7 Å². The van der Waals surface area contributed by atoms with Crippen molar-refractivity contribution in [3.05, 3.63) is 127 Å². The van der Waals surface area contributed by atoms with E-state index < -0.39 is 8.07 Å². The maximum absolute atomic E-state index is 2.55. The van der Waals surface area contributed by atoms with Crippen LogP contribution in [0.15, 0.2) is 115 Å². The average Bonchev–Trinajstić information content (AvgIpc) is 3.60. The Morgan fingerprint density at radius 3 is 2.32 bits per heavy atom. The molecule has 0 amide bonds. The molecule has 0 fully saturated rings. The zero-order valence-corrected chi connectivity index (χ0v) is 24.6. The summed E-state index contributed by atoms with van der Waals surface area (Å²) in [5.74, 6) is 0. The van der Waals surface area contributed by atoms with Crippen LogP contribution in [0.25, 0.3) is 16.6 Å². The third kappa shape index (κ3) is 3.09. The number of aryl methyl sites for hydroxylation is 1. The van der Waals surface area contributed by atoms with Gasteiger partial charge in [0.25, 0.3) is 0 Å². The number of hydrogen-bond acceptors (Lipinski definition) is 1. The van der Waals surface area contributed by atoms with Gasteiger partial charge in [0, 0.05) is 33.8 Å². The number of hydrogen-bond donors (Lipinski definition) is 0. The van der Waals surface area contributed by atoms with Gasteiger partial charge in [-0.25, -0.2) is 0 Å². The van der Waals surface area contributed by atoms with E-state index in [1.165, 1.54) is 68.6 Å². The minimum Gasteiger partial charge on any atom is -0.313 e. The van der Waals surface area contributed by atoms with Crippen molar-refractivity contribution in [2.45, 2.75) is 32.4 Å². The Morgan fingerprint density at radius 1 is 0.634 bits per heavy atom. The fourth-order valence-corrected chi connectivity index (χ4v) is 11.5. The first kappa shape index (κ1) is 23.4. The number of rotatable bonds is 2. The molecule has 0 saturated carbocycles. The van der Waals surface area contributed by atoms with E-state index in [9.17, 15) is 0 Å². The van der Waals surface area contributed by atoms with E-state index in [2.05, 4.69) is 138 Å². The fraction of sp³-hybridized carbons (Fsp3) is 0.135. The smallest absolute Gasteiger partial charge is 0.246 e. The molecule has 3 aliphatic rings. The molecule has 41 heavy (non-hydrogen) atoms. The first-order valence-electron chi connectivity index (χ1n) is 15.0. The van der Waals surface area contributed by atoms with Gasteiger partial charge < -0.3 is 9.47 Å². The minimum absolute atomic E-state index is 0.244. The van der Waals surface area contributed by atoms with Crippen molar-refractivity contribution >= 4 is 69.5 Å². The first-order chi connectivity index (χ1) is 20.1. The molecular weight excluding hydrogens is 511 g/mol. The van der Waals surface area contributed by atoms with E-state index in [1.807, 2.05) is 0 Å². The van der Waals surface area contributed by atoms with Crippen molar-refractivity contribution in [2.24, 2.45) is 0 Å². The van der Waals surface area contributed by atoms with Gasteiger partial charge in [-0.1, -0.05) is 108 Å². The third-order valence-corrected chi connectivity index (χ3v) is 13.6. The van der Waals surface area contributed by atoms with E-state index in [-0.39, 0.29) is 6.71 Å². The zero-order valence-electron chi connectivity index (χ0n) is 23.6. The molecule has 1 aliphatic carbocycles. The SMILES string of the molecule is C[Si]1(C)c2ccccc2B2c3ccc(-n4c5c(c6ccccc64)CCC5)cc3N(c3ccccc3)c3cccc1c32. The molecule has 0 radical (unpaired) electrons. The van der Waals surface area contributed by atoms with E-state index in [4.69, 9.17) is 0 Å². The second kappa shape index (κ2) is 8.37. The number of benzene rings is 5. The van der Waals surface area contributed by atoms with Crippen molar-refractivity contribution in [1.29, 1.82) is 0 Å². The number of fused-ring (bicyclic) bond motifs is 7. The fourth-order valence-electron chi connectivity index (χ4n) is 8.26. The van der Waals surface area contributed by atoms with Gasteiger partial charge in [-0.05, 0) is 72.1 Å². The van der Waals surface area contributed by atoms with Gasteiger partial charge in [-0.15, -0.1) is 0 Å². The second-order valence-corrected chi connectivity index (χ2v) is 16.8. The quantitative estimate of drug-likeness (QED) is 0.260. The number of anilines is 3. The summed E-state index contributed by atoms with van der Waals surface area (Å²) < 4.78 is 2.55. The van der Waals surface area contributed by atoms with Crippen LogP contribution in [0.3, 0.4) is 0 Å². The topological polar surface area (TPSA) is 8.17 Å². The van der Waals surface area contributed by atoms with E-state index in [1.54, 1.807) is 15.9 Å². The van der Waals surface area contributed by atoms with Gasteiger partial charge in [0.15, 0.2) is 0 Å². The molecule has 2 aliphatic heterocycles. The Labute approximate surface area is 243 Å². The summed E-state index contributed by atoms with van der Waals surface area (Å²) in [5.41, 5.74) is 13.9. The van der Waals surface area contributed by atoms with E-state index >= 15 is 0 Å². The number of aromatic nitrogens is 1. The largest absolute Gasteiger partial charge is 0.313 e. The number of para-hydroxylation sites is 2. The molecule has 0 unspecified atom stereocenters. The molecule has 1 aromatic heterocycles. The molecule has 5 aromatic carbocycles. The molecule has 0 bridgehead atoms. The highest BCUT2D eigenvalue weighted by molar-refractivity contribution is 7.15. The maximum atomic E-state index is 2.55. The summed E-state index contributed by atoms with van der Waals surface area (Å²) in [5, 5.41) is 4.57. The van der Waals surface area contributed by atoms with E-state index in [0.29, 0.717) is 0 Å². The van der Waals surface area contributed by atoms with Gasteiger partial charge in [0.2, 0.25) is 6.71 Å². The monoisotopic (exact) mass is 542 g/mol. The summed E-state index contributed by atoms with van der Waals surface area (Å²) in [6.07, 6.45) is 3.56. The Bertz CT molecular complexity index is 2020. The normalized spacial score (nSPS) is 15.9. The van der Waals surface area contributed by atoms with Crippen LogP contribution >= 0.6 is 0 Å². The molecule has 9 rings (SSSR count). The lowest BCUT2D eigenvalue weighted by molar-refractivity contribution is 0.874. The van der Waals surface area contributed by atoms with Crippen LogP contribution in [0.1, 0.15) is 17.7 Å². The van der Waals surface area contributed by atoms with Crippen molar-refractivity contribution < 1.29 is 0 Å². The van der Waals surface area contributed by atoms with E-state index in [0.717, 1.165) is 6.42 Å². The van der Waals surface area contributed by atoms with Crippen LogP contribution in [-0.2, 0) is 12.8 Å². The average molecular weight is 543 g/mol. The molecule has 0 N–H and O–H groups in total. The van der Waals surface area contributed by atoms with Gasteiger partial charge in [0.05, 0.1) is 5.52 Å². The summed E-state index contributed by atoms with van der Waals surface area (Å²) >= 11 is 0. The Hall–Kier alpha value is -4.28. The van der Waals surface area contributed by atoms with Crippen LogP contribution in [0, 0.1) is 0 Å². The lowest BCUT2D eigenvalue weighted by Gasteiger charge is -2.44. The summed E-state index contributed by atoms with van der Waals surface area (Å²) in [6, 6.07) is 43.6. The summed E-state index contributed by atoms with van der Waals surface area (Å²) in [6.45, 7) is 5.30. The van der Waals surface area contributed by atoms with Gasteiger partial charge in [0.1, 0.15) is 8.07 Å². The van der Waals surface area contributed by atoms with Crippen molar-refractivity contribution in [1.82, 2.24) is 4.57 Å². The summed E-state index contributed by atoms with van der Waals surface area (Å²) in [7, 11) is -1.87. The van der Waals surface area contributed by atoms with Gasteiger partial charge >= 0.3 is 0 Å². The van der Waals surface area contributed by atoms with Crippen molar-refractivity contribution in [2.75, 3.05) is 4.90 Å². The summed E-state index contributed by atoms with van der Waals surface area (Å²) in [4.78, 5) is 2.54. The standard InChI is InChI=1S/C37H31BN2Si/c1-41(2)35-20-9-7-16-30(35)38-29-23-22-26(40-31-17-8-6-14-27(31)28-15-10-18-32(28)40)24-34(29)39(25-12-4-3-5-13-25)33-19-11-21-36(41)37(33)38/h3-9,11-14,16-17,19-24H,10,15,18H2,1-2H3. The zero-order chi connectivity index (χ0) is 27.3. The van der Waals surface area contributed by atoms with Crippen LogP contribution in [-0.4, -0.2) is 19.4 Å². The molecule has 2 nitrogen and oxygen atoms in total. The number of nitrogens with zero attached hydrogens (tertiary/aromatic N) is 2. The lowest BCUT2D eigenvalue weighted by atomic mass is 9.35. The first-order valence-corrected chi connectivity index (χ1v) is 18.0. The molecule has 196 valence electrons. The highest BCUT2D eigenvalue weighted by atomic mass is 28.3. The Morgan fingerprint density at radius 2 is 1.41 bits per heavy atom. The molecule has 6 aromatic rings. The van der Waals surface area contributed by atoms with Gasteiger partial charge in [-0.2, -0.15) is 0 Å². The molecule has 0 atom stereocenters. The lowest BCUT2D eigenvalue weighted by Crippen LogP contribution is -2.78. The van der Waals surface area contributed by atoms with Crippen LogP contribution in [0.2, 0.25) is 13.1 Å². The predicted octanol–water partition coefficient (Wildman–Crippen LogP) is 5.55. The minimum atomic E-state index is -1.87. The predicted molar refractivity (Wildman–Crippen MR) is 178 cm³/mol. The third-order valence-electron chi connectivity index (χ3n) is 10.00. The molecule has 0 spiro atoms. The highest BCUT2D eigenvalue weighted by Crippen LogP contribution is 2.40. The van der Waals surface area contributed by atoms with Crippen LogP contribution in [0.5, 0.6) is 0 Å². The van der Waals surface area contributed by atoms with Crippen molar-refractivity contribution in [3.8, 4) is 5.69 Å². The molecular formula is C37H31BN2Si. The van der Waals surface area contributed by atoms with Crippen LogP contribution in [0.4, 0.5) is 17.1 Å². The van der Waals surface area contributed by atoms with Gasteiger partial charge in [-0.3, -0.25) is 0 Å². The Kier molecular flexibility index (Phi) is 4.78. The van der Waals surface area contributed by atoms with Crippen molar-refractivity contribution in [3.63, 3.8) is 0 Å².